The third-order valence-electron chi connectivity index (χ3n) is 1.34. The first kappa shape index (κ1) is 11.2. The number of rotatable bonds is 6. The maximum Gasteiger partial charge on any atom is 0.146 e. The van der Waals surface area contributed by atoms with Crippen molar-refractivity contribution in [3.05, 3.63) is 12.7 Å². The van der Waals surface area contributed by atoms with Gasteiger partial charge in [0.15, 0.2) is 0 Å². The molecule has 0 heterocycles. The number of aliphatic hydroxyl groups is 1. The summed E-state index contributed by atoms with van der Waals surface area (Å²) in [5.74, 6) is 2.40. The molecule has 0 bridgehead atoms. The van der Waals surface area contributed by atoms with Crippen molar-refractivity contribution < 1.29 is 14.6 Å². The highest BCUT2D eigenvalue weighted by molar-refractivity contribution is 4.94. The Morgan fingerprint density at radius 2 is 2.42 bits per heavy atom. The zero-order valence-corrected chi connectivity index (χ0v) is 7.19. The van der Waals surface area contributed by atoms with E-state index in [9.17, 15) is 5.11 Å². The summed E-state index contributed by atoms with van der Waals surface area (Å²) in [5.41, 5.74) is 0. The van der Waals surface area contributed by atoms with E-state index in [4.69, 9.17) is 11.2 Å². The van der Waals surface area contributed by atoms with Gasteiger partial charge in [0.25, 0.3) is 0 Å². The molecule has 0 aromatic carbocycles. The van der Waals surface area contributed by atoms with Crippen molar-refractivity contribution >= 4 is 0 Å². The van der Waals surface area contributed by atoms with Crippen LogP contribution in [0.5, 0.6) is 0 Å². The first-order chi connectivity index (χ1) is 5.76. The van der Waals surface area contributed by atoms with Crippen molar-refractivity contribution in [2.24, 2.45) is 0 Å². The summed E-state index contributed by atoms with van der Waals surface area (Å²) in [5, 5.41) is 9.28. The maximum atomic E-state index is 9.28. The fourth-order valence-electron chi connectivity index (χ4n) is 0.702. The molecule has 3 nitrogen and oxygen atoms in total. The van der Waals surface area contributed by atoms with Crippen LogP contribution >= 0.6 is 0 Å². The van der Waals surface area contributed by atoms with Crippen molar-refractivity contribution in [2.75, 3.05) is 13.9 Å². The second kappa shape index (κ2) is 6.86. The van der Waals surface area contributed by atoms with E-state index in [-0.39, 0.29) is 6.79 Å². The van der Waals surface area contributed by atoms with Gasteiger partial charge in [0.05, 0.1) is 6.10 Å². The summed E-state index contributed by atoms with van der Waals surface area (Å²) >= 11 is 0. The Hall–Kier alpha value is -0.820. The highest BCUT2D eigenvalue weighted by atomic mass is 16.7. The summed E-state index contributed by atoms with van der Waals surface area (Å²) < 4.78 is 9.78. The van der Waals surface area contributed by atoms with Crippen LogP contribution in [0.3, 0.4) is 0 Å². The third-order valence-corrected chi connectivity index (χ3v) is 1.34. The van der Waals surface area contributed by atoms with Gasteiger partial charge < -0.3 is 14.6 Å². The van der Waals surface area contributed by atoms with E-state index >= 15 is 0 Å². The molecule has 68 valence electrons. The molecule has 0 amide bonds. The van der Waals surface area contributed by atoms with Crippen LogP contribution in [0.25, 0.3) is 0 Å². The number of terminal acetylenes is 1. The normalized spacial score (nSPS) is 14.8. The summed E-state index contributed by atoms with van der Waals surface area (Å²) in [7, 11) is 1.51. The zero-order chi connectivity index (χ0) is 9.40. The zero-order valence-electron chi connectivity index (χ0n) is 7.19. The van der Waals surface area contributed by atoms with Crippen LogP contribution in [0.4, 0.5) is 0 Å². The Balaban J connectivity index is 3.86. The average molecular weight is 170 g/mol. The van der Waals surface area contributed by atoms with Crippen LogP contribution in [0, 0.1) is 12.3 Å². The molecule has 0 aromatic rings. The standard InChI is InChI=1S/C9H14O3/c1-4-6-9(8(10)5-2)12-7-11-3/h1,5,8-10H,2,6-7H2,3H3/t8-,9-/m1/s1. The highest BCUT2D eigenvalue weighted by Gasteiger charge is 2.15. The Bertz CT molecular complexity index is 160. The predicted octanol–water partition coefficient (Wildman–Crippen LogP) is 0.546. The molecule has 0 fully saturated rings. The van der Waals surface area contributed by atoms with Crippen molar-refractivity contribution in [3.63, 3.8) is 0 Å². The van der Waals surface area contributed by atoms with Crippen LogP contribution in [0.15, 0.2) is 12.7 Å². The number of hydrogen-bond acceptors (Lipinski definition) is 3. The largest absolute Gasteiger partial charge is 0.386 e. The molecule has 0 aromatic heterocycles. The SMILES string of the molecule is C#CC[C@@H](OCOC)[C@H](O)C=C. The van der Waals surface area contributed by atoms with E-state index in [0.29, 0.717) is 6.42 Å². The number of methoxy groups -OCH3 is 1. The summed E-state index contributed by atoms with van der Waals surface area (Å²) in [6.45, 7) is 3.55. The summed E-state index contributed by atoms with van der Waals surface area (Å²) in [6.07, 6.45) is 5.64. The van der Waals surface area contributed by atoms with Gasteiger partial charge in [-0.2, -0.15) is 0 Å². The molecule has 12 heavy (non-hydrogen) atoms. The molecular weight excluding hydrogens is 156 g/mol. The minimum Gasteiger partial charge on any atom is -0.386 e. The van der Waals surface area contributed by atoms with Crippen LogP contribution in [-0.2, 0) is 9.47 Å². The number of aliphatic hydroxyl groups excluding tert-OH is 1. The van der Waals surface area contributed by atoms with E-state index in [1.165, 1.54) is 13.2 Å². The lowest BCUT2D eigenvalue weighted by atomic mass is 10.1. The topological polar surface area (TPSA) is 38.7 Å². The van der Waals surface area contributed by atoms with Crippen molar-refractivity contribution in [3.8, 4) is 12.3 Å². The van der Waals surface area contributed by atoms with Crippen molar-refractivity contribution in [2.45, 2.75) is 18.6 Å². The molecule has 0 saturated carbocycles. The molecule has 0 saturated heterocycles. The van der Waals surface area contributed by atoms with Crippen LogP contribution in [0.1, 0.15) is 6.42 Å². The number of ether oxygens (including phenoxy) is 2. The summed E-state index contributed by atoms with van der Waals surface area (Å²) in [6, 6.07) is 0. The number of hydrogen-bond donors (Lipinski definition) is 1. The molecule has 0 aliphatic rings. The molecule has 0 aliphatic carbocycles. The monoisotopic (exact) mass is 170 g/mol. The molecular formula is C9H14O3. The first-order valence-electron chi connectivity index (χ1n) is 3.60. The average Bonchev–Trinajstić information content (AvgIpc) is 2.11. The second-order valence-electron chi connectivity index (χ2n) is 2.25. The van der Waals surface area contributed by atoms with E-state index in [1.807, 2.05) is 0 Å². The fraction of sp³-hybridized carbons (Fsp3) is 0.556. The van der Waals surface area contributed by atoms with Gasteiger partial charge in [-0.1, -0.05) is 6.08 Å². The fourth-order valence-corrected chi connectivity index (χ4v) is 0.702. The van der Waals surface area contributed by atoms with E-state index in [2.05, 4.69) is 17.2 Å². The summed E-state index contributed by atoms with van der Waals surface area (Å²) in [4.78, 5) is 0. The van der Waals surface area contributed by atoms with Crippen molar-refractivity contribution in [1.29, 1.82) is 0 Å². The Morgan fingerprint density at radius 1 is 1.75 bits per heavy atom. The van der Waals surface area contributed by atoms with Crippen molar-refractivity contribution in [1.82, 2.24) is 0 Å². The Morgan fingerprint density at radius 3 is 2.83 bits per heavy atom. The predicted molar refractivity (Wildman–Crippen MR) is 46.4 cm³/mol. The Labute approximate surface area is 73.0 Å². The minimum absolute atomic E-state index is 0.122. The first-order valence-corrected chi connectivity index (χ1v) is 3.60. The van der Waals surface area contributed by atoms with Gasteiger partial charge in [0.1, 0.15) is 12.9 Å². The lowest BCUT2D eigenvalue weighted by Crippen LogP contribution is -2.27. The Kier molecular flexibility index (Phi) is 6.39. The quantitative estimate of drug-likeness (QED) is 0.359. The molecule has 1 N–H and O–H groups in total. The van der Waals surface area contributed by atoms with E-state index in [1.54, 1.807) is 0 Å². The van der Waals surface area contributed by atoms with Gasteiger partial charge in [0, 0.05) is 13.5 Å². The van der Waals surface area contributed by atoms with Crippen LogP contribution in [-0.4, -0.2) is 31.2 Å². The highest BCUT2D eigenvalue weighted by Crippen LogP contribution is 2.04. The molecule has 0 unspecified atom stereocenters. The van der Waals surface area contributed by atoms with Gasteiger partial charge in [-0.3, -0.25) is 0 Å². The molecule has 0 rings (SSSR count). The second-order valence-corrected chi connectivity index (χ2v) is 2.25. The maximum absolute atomic E-state index is 9.28. The van der Waals surface area contributed by atoms with Gasteiger partial charge in [-0.05, 0) is 0 Å². The smallest absolute Gasteiger partial charge is 0.146 e. The minimum atomic E-state index is -0.740. The van der Waals surface area contributed by atoms with Crippen LogP contribution < -0.4 is 0 Å². The van der Waals surface area contributed by atoms with Crippen LogP contribution in [0.2, 0.25) is 0 Å². The lowest BCUT2D eigenvalue weighted by molar-refractivity contribution is -0.0994. The van der Waals surface area contributed by atoms with Gasteiger partial charge in [0.2, 0.25) is 0 Å². The van der Waals surface area contributed by atoms with E-state index < -0.39 is 12.2 Å². The van der Waals surface area contributed by atoms with Gasteiger partial charge >= 0.3 is 0 Å². The van der Waals surface area contributed by atoms with Gasteiger partial charge in [-0.15, -0.1) is 18.9 Å². The molecule has 0 radical (unpaired) electrons. The molecule has 2 atom stereocenters. The third kappa shape index (κ3) is 4.14. The molecule has 0 aliphatic heterocycles. The van der Waals surface area contributed by atoms with Gasteiger partial charge in [-0.25, -0.2) is 0 Å². The lowest BCUT2D eigenvalue weighted by Gasteiger charge is -2.17. The molecule has 0 spiro atoms. The van der Waals surface area contributed by atoms with E-state index in [0.717, 1.165) is 0 Å². The molecule has 3 heteroatoms.